The number of benzene rings is 2. The molecule has 0 bridgehead atoms. The first-order chi connectivity index (χ1) is 12.2. The number of rotatable bonds is 6. The lowest BCUT2D eigenvalue weighted by molar-refractivity contribution is -0.384. The van der Waals surface area contributed by atoms with Gasteiger partial charge in [-0.2, -0.15) is 0 Å². The average molecular weight is 419 g/mol. The van der Waals surface area contributed by atoms with Gasteiger partial charge in [-0.05, 0) is 36.4 Å². The molecule has 10 heteroatoms. The molecular formula is C16H14Cl3N3O4. The number of non-ortho nitro benzene ring substituents is 1. The number of carbonyl (C=O) groups is 1. The fourth-order valence-electron chi connectivity index (χ4n) is 2.00. The highest BCUT2D eigenvalue weighted by molar-refractivity contribution is 6.68. The summed E-state index contributed by atoms with van der Waals surface area (Å²) in [6.07, 6.45) is -1.08. The second-order valence-corrected chi connectivity index (χ2v) is 7.49. The van der Waals surface area contributed by atoms with Crippen molar-refractivity contribution in [3.05, 3.63) is 64.2 Å². The monoisotopic (exact) mass is 417 g/mol. The molecule has 0 aliphatic carbocycles. The van der Waals surface area contributed by atoms with Crippen LogP contribution >= 0.6 is 34.8 Å². The van der Waals surface area contributed by atoms with E-state index in [2.05, 4.69) is 10.6 Å². The smallest absolute Gasteiger partial charge is 0.269 e. The first-order valence-corrected chi connectivity index (χ1v) is 8.36. The molecule has 0 aliphatic rings. The zero-order valence-electron chi connectivity index (χ0n) is 13.4. The third-order valence-electron chi connectivity index (χ3n) is 3.34. The second kappa shape index (κ2) is 8.44. The maximum absolute atomic E-state index is 12.4. The average Bonchev–Trinajstić information content (AvgIpc) is 2.60. The number of methoxy groups -OCH3 is 1. The van der Waals surface area contributed by atoms with Crippen molar-refractivity contribution >= 4 is 52.1 Å². The number of nitrogens with zero attached hydrogens (tertiary/aromatic N) is 1. The molecule has 2 N–H and O–H groups in total. The van der Waals surface area contributed by atoms with Crippen LogP contribution in [0, 0.1) is 10.1 Å². The van der Waals surface area contributed by atoms with Gasteiger partial charge in [0.05, 0.1) is 12.0 Å². The highest BCUT2D eigenvalue weighted by Gasteiger charge is 2.34. The van der Waals surface area contributed by atoms with Gasteiger partial charge in [0.25, 0.3) is 11.6 Å². The van der Waals surface area contributed by atoms with E-state index in [1.807, 2.05) is 0 Å². The zero-order chi connectivity index (χ0) is 19.3. The van der Waals surface area contributed by atoms with Crippen molar-refractivity contribution in [2.45, 2.75) is 9.96 Å². The van der Waals surface area contributed by atoms with Crippen LogP contribution in [0.5, 0.6) is 5.75 Å². The van der Waals surface area contributed by atoms with Crippen LogP contribution in [0.2, 0.25) is 0 Å². The van der Waals surface area contributed by atoms with Crippen molar-refractivity contribution in [2.75, 3.05) is 12.4 Å². The summed E-state index contributed by atoms with van der Waals surface area (Å²) in [5, 5.41) is 16.1. The van der Waals surface area contributed by atoms with E-state index in [0.717, 1.165) is 0 Å². The van der Waals surface area contributed by atoms with Crippen LogP contribution in [0.25, 0.3) is 0 Å². The van der Waals surface area contributed by atoms with Gasteiger partial charge in [0.2, 0.25) is 3.79 Å². The van der Waals surface area contributed by atoms with Crippen molar-refractivity contribution in [1.82, 2.24) is 5.32 Å². The van der Waals surface area contributed by atoms with Gasteiger partial charge >= 0.3 is 0 Å². The van der Waals surface area contributed by atoms with Crippen molar-refractivity contribution in [3.8, 4) is 5.75 Å². The number of hydrogen-bond acceptors (Lipinski definition) is 5. The summed E-state index contributed by atoms with van der Waals surface area (Å²) in [6.45, 7) is 0. The topological polar surface area (TPSA) is 93.5 Å². The summed E-state index contributed by atoms with van der Waals surface area (Å²) >= 11 is 17.8. The Balaban J connectivity index is 2.13. The Morgan fingerprint density at radius 2 is 1.69 bits per heavy atom. The van der Waals surface area contributed by atoms with Crippen LogP contribution in [-0.4, -0.2) is 27.9 Å². The number of carbonyl (C=O) groups excluding carboxylic acids is 1. The molecule has 0 aromatic heterocycles. The van der Waals surface area contributed by atoms with Gasteiger partial charge in [0.1, 0.15) is 11.9 Å². The number of nitro benzene ring substituents is 1. The van der Waals surface area contributed by atoms with E-state index < -0.39 is 20.8 Å². The highest BCUT2D eigenvalue weighted by atomic mass is 35.6. The molecule has 0 saturated carbocycles. The quantitative estimate of drug-likeness (QED) is 0.318. The van der Waals surface area contributed by atoms with Crippen LogP contribution in [-0.2, 0) is 0 Å². The molecule has 0 unspecified atom stereocenters. The number of halogens is 3. The molecule has 1 amide bonds. The minimum absolute atomic E-state index is 0.0803. The summed E-state index contributed by atoms with van der Waals surface area (Å²) in [4.78, 5) is 22.5. The summed E-state index contributed by atoms with van der Waals surface area (Å²) < 4.78 is 3.16. The first kappa shape index (κ1) is 20.1. The number of alkyl halides is 3. The Labute approximate surface area is 164 Å². The summed E-state index contributed by atoms with van der Waals surface area (Å²) in [5.74, 6) is 0.127. The standard InChI is InChI=1S/C16H14Cl3N3O4/c1-26-13-8-2-10(3-9-13)14(23)21-15(16(17,18)19)20-11-4-6-12(7-5-11)22(24)25/h2-9,15,20H,1H3,(H,21,23)/t15-/m1/s1. The normalized spacial score (nSPS) is 12.2. The van der Waals surface area contributed by atoms with Crippen molar-refractivity contribution < 1.29 is 14.5 Å². The zero-order valence-corrected chi connectivity index (χ0v) is 15.7. The predicted octanol–water partition coefficient (Wildman–Crippen LogP) is 4.14. The van der Waals surface area contributed by atoms with Crippen molar-refractivity contribution in [2.24, 2.45) is 0 Å². The van der Waals surface area contributed by atoms with Crippen LogP contribution in [0.15, 0.2) is 48.5 Å². The lowest BCUT2D eigenvalue weighted by atomic mass is 10.2. The Hall–Kier alpha value is -2.22. The van der Waals surface area contributed by atoms with Gasteiger partial charge in [0.15, 0.2) is 0 Å². The summed E-state index contributed by atoms with van der Waals surface area (Å²) in [5.41, 5.74) is 0.695. The van der Waals surface area contributed by atoms with Crippen LogP contribution in [0.4, 0.5) is 11.4 Å². The van der Waals surface area contributed by atoms with Crippen LogP contribution < -0.4 is 15.4 Å². The van der Waals surface area contributed by atoms with E-state index >= 15 is 0 Å². The van der Waals surface area contributed by atoms with Gasteiger partial charge in [-0.1, -0.05) is 34.8 Å². The molecule has 2 rings (SSSR count). The fourth-order valence-corrected chi connectivity index (χ4v) is 2.33. The van der Waals surface area contributed by atoms with E-state index in [1.54, 1.807) is 24.3 Å². The number of nitro groups is 1. The summed E-state index contributed by atoms with van der Waals surface area (Å²) in [6, 6.07) is 11.9. The van der Waals surface area contributed by atoms with Crippen molar-refractivity contribution in [3.63, 3.8) is 0 Å². The molecule has 2 aromatic carbocycles. The Morgan fingerprint density at radius 1 is 1.12 bits per heavy atom. The van der Waals surface area contributed by atoms with E-state index in [1.165, 1.54) is 31.4 Å². The molecule has 26 heavy (non-hydrogen) atoms. The lowest BCUT2D eigenvalue weighted by Crippen LogP contribution is -2.49. The van der Waals surface area contributed by atoms with Gasteiger partial charge in [0, 0.05) is 23.4 Å². The van der Waals surface area contributed by atoms with E-state index in [4.69, 9.17) is 39.5 Å². The fraction of sp³-hybridized carbons (Fsp3) is 0.188. The van der Waals surface area contributed by atoms with Gasteiger partial charge in [-0.25, -0.2) is 0 Å². The van der Waals surface area contributed by atoms with E-state index in [9.17, 15) is 14.9 Å². The van der Waals surface area contributed by atoms with Crippen LogP contribution in [0.3, 0.4) is 0 Å². The second-order valence-electron chi connectivity index (χ2n) is 5.12. The Morgan fingerprint density at radius 3 is 2.15 bits per heavy atom. The van der Waals surface area contributed by atoms with Gasteiger partial charge < -0.3 is 15.4 Å². The number of hydrogen-bond donors (Lipinski definition) is 2. The molecule has 1 atom stereocenters. The molecule has 2 aromatic rings. The Kier molecular flexibility index (Phi) is 6.52. The molecule has 7 nitrogen and oxygen atoms in total. The third kappa shape index (κ3) is 5.39. The molecular weight excluding hydrogens is 405 g/mol. The number of amides is 1. The highest BCUT2D eigenvalue weighted by Crippen LogP contribution is 2.31. The molecule has 0 aliphatic heterocycles. The number of anilines is 1. The first-order valence-electron chi connectivity index (χ1n) is 7.23. The molecule has 138 valence electrons. The Bertz CT molecular complexity index is 777. The third-order valence-corrected chi connectivity index (χ3v) is 4.00. The molecule has 0 saturated heterocycles. The predicted molar refractivity (Wildman–Crippen MR) is 101 cm³/mol. The molecule has 0 spiro atoms. The molecule has 0 radical (unpaired) electrons. The van der Waals surface area contributed by atoms with Crippen LogP contribution in [0.1, 0.15) is 10.4 Å². The van der Waals surface area contributed by atoms with E-state index in [0.29, 0.717) is 17.0 Å². The van der Waals surface area contributed by atoms with Gasteiger partial charge in [-0.3, -0.25) is 14.9 Å². The largest absolute Gasteiger partial charge is 0.497 e. The lowest BCUT2D eigenvalue weighted by Gasteiger charge is -2.27. The van der Waals surface area contributed by atoms with Crippen molar-refractivity contribution in [1.29, 1.82) is 0 Å². The maximum Gasteiger partial charge on any atom is 0.269 e. The molecule has 0 fully saturated rings. The maximum atomic E-state index is 12.4. The minimum Gasteiger partial charge on any atom is -0.497 e. The molecule has 0 heterocycles. The summed E-state index contributed by atoms with van der Waals surface area (Å²) in [7, 11) is 1.52. The van der Waals surface area contributed by atoms with E-state index in [-0.39, 0.29) is 5.69 Å². The van der Waals surface area contributed by atoms with Gasteiger partial charge in [-0.15, -0.1) is 0 Å². The number of ether oxygens (including phenoxy) is 1. The minimum atomic E-state index is -1.87. The SMILES string of the molecule is COc1ccc(C(=O)N[C@@H](Nc2ccc([N+](=O)[O-])cc2)C(Cl)(Cl)Cl)cc1. The number of nitrogens with one attached hydrogen (secondary N) is 2.